The van der Waals surface area contributed by atoms with Gasteiger partial charge in [0.2, 0.25) is 0 Å². The minimum atomic E-state index is -0.201. The summed E-state index contributed by atoms with van der Waals surface area (Å²) in [6.45, 7) is 8.25. The highest BCUT2D eigenvalue weighted by Crippen LogP contribution is 2.32. The molecular formula is C16H22O2. The monoisotopic (exact) mass is 246 g/mol. The molecule has 0 aromatic heterocycles. The summed E-state index contributed by atoms with van der Waals surface area (Å²) in [4.78, 5) is 11.7. The average molecular weight is 246 g/mol. The zero-order valence-electron chi connectivity index (χ0n) is 11.3. The van der Waals surface area contributed by atoms with E-state index in [9.17, 15) is 4.79 Å². The van der Waals surface area contributed by atoms with Crippen molar-refractivity contribution in [3.63, 3.8) is 0 Å². The molecule has 0 fully saturated rings. The molecule has 18 heavy (non-hydrogen) atoms. The molecule has 0 aliphatic carbocycles. The molecular weight excluding hydrogens is 224 g/mol. The number of carbonyl (C=O) groups is 1. The molecule has 0 saturated carbocycles. The van der Waals surface area contributed by atoms with Gasteiger partial charge in [-0.05, 0) is 25.3 Å². The van der Waals surface area contributed by atoms with Gasteiger partial charge >= 0.3 is 5.97 Å². The lowest BCUT2D eigenvalue weighted by Gasteiger charge is -2.28. The van der Waals surface area contributed by atoms with Crippen LogP contribution < -0.4 is 0 Å². The molecule has 1 aromatic carbocycles. The summed E-state index contributed by atoms with van der Waals surface area (Å²) in [5.74, 6) is -0.143. The van der Waals surface area contributed by atoms with E-state index >= 15 is 0 Å². The third-order valence-electron chi connectivity index (χ3n) is 3.34. The molecule has 1 unspecified atom stereocenters. The van der Waals surface area contributed by atoms with Crippen molar-refractivity contribution >= 4 is 5.97 Å². The van der Waals surface area contributed by atoms with E-state index in [0.717, 1.165) is 12.8 Å². The van der Waals surface area contributed by atoms with Crippen molar-refractivity contribution in [2.24, 2.45) is 5.41 Å². The maximum absolute atomic E-state index is 11.7. The van der Waals surface area contributed by atoms with Crippen molar-refractivity contribution in [2.75, 3.05) is 6.61 Å². The summed E-state index contributed by atoms with van der Waals surface area (Å²) >= 11 is 0. The molecule has 0 amide bonds. The Kier molecular flexibility index (Phi) is 5.63. The molecule has 0 saturated heterocycles. The number of esters is 1. The van der Waals surface area contributed by atoms with Gasteiger partial charge in [-0.3, -0.25) is 4.79 Å². The van der Waals surface area contributed by atoms with Crippen LogP contribution in [0.4, 0.5) is 0 Å². The first kappa shape index (κ1) is 14.5. The molecule has 0 radical (unpaired) electrons. The summed E-state index contributed by atoms with van der Waals surface area (Å²) in [6.07, 6.45) is 4.00. The zero-order valence-corrected chi connectivity index (χ0v) is 11.3. The summed E-state index contributed by atoms with van der Waals surface area (Å²) < 4.78 is 5.05. The van der Waals surface area contributed by atoms with Gasteiger partial charge in [-0.1, -0.05) is 43.3 Å². The summed E-state index contributed by atoms with van der Waals surface area (Å²) in [7, 11) is 0. The second-order valence-electron chi connectivity index (χ2n) is 4.56. The van der Waals surface area contributed by atoms with Crippen LogP contribution in [-0.4, -0.2) is 12.6 Å². The van der Waals surface area contributed by atoms with E-state index in [2.05, 4.69) is 25.6 Å². The van der Waals surface area contributed by atoms with E-state index in [1.165, 1.54) is 5.56 Å². The standard InChI is InChI=1S/C16H22O2/c1-4-16(5-2,13-15(17)18-6-3)12-14-10-8-7-9-11-14/h4,7-11H,1,5-6,12-13H2,2-3H3. The molecule has 0 heterocycles. The van der Waals surface area contributed by atoms with Crippen LogP contribution in [0, 0.1) is 5.41 Å². The topological polar surface area (TPSA) is 26.3 Å². The van der Waals surface area contributed by atoms with Crippen LogP contribution in [-0.2, 0) is 16.0 Å². The highest BCUT2D eigenvalue weighted by atomic mass is 16.5. The predicted molar refractivity (Wildman–Crippen MR) is 74.3 cm³/mol. The lowest BCUT2D eigenvalue weighted by molar-refractivity contribution is -0.145. The number of allylic oxidation sites excluding steroid dienone is 1. The van der Waals surface area contributed by atoms with E-state index in [1.807, 2.05) is 31.2 Å². The smallest absolute Gasteiger partial charge is 0.306 e. The Balaban J connectivity index is 2.80. The van der Waals surface area contributed by atoms with Gasteiger partial charge in [0, 0.05) is 5.41 Å². The number of rotatable bonds is 7. The fourth-order valence-electron chi connectivity index (χ4n) is 2.10. The van der Waals surface area contributed by atoms with Gasteiger partial charge in [-0.25, -0.2) is 0 Å². The number of ether oxygens (including phenoxy) is 1. The van der Waals surface area contributed by atoms with Crippen LogP contribution in [0.25, 0.3) is 0 Å². The molecule has 0 aliphatic heterocycles. The Hall–Kier alpha value is -1.57. The number of hydrogen-bond donors (Lipinski definition) is 0. The van der Waals surface area contributed by atoms with Crippen LogP contribution in [0.3, 0.4) is 0 Å². The fourth-order valence-corrected chi connectivity index (χ4v) is 2.10. The first-order valence-electron chi connectivity index (χ1n) is 6.49. The lowest BCUT2D eigenvalue weighted by atomic mass is 9.76. The molecule has 0 spiro atoms. The van der Waals surface area contributed by atoms with Crippen LogP contribution in [0.2, 0.25) is 0 Å². The number of benzene rings is 1. The van der Waals surface area contributed by atoms with Crippen molar-refractivity contribution in [1.29, 1.82) is 0 Å². The van der Waals surface area contributed by atoms with Gasteiger partial charge in [0.25, 0.3) is 0 Å². The van der Waals surface area contributed by atoms with E-state index < -0.39 is 0 Å². The molecule has 0 aliphatic rings. The molecule has 2 nitrogen and oxygen atoms in total. The Bertz CT molecular complexity index is 383. The second kappa shape index (κ2) is 7.00. The van der Waals surface area contributed by atoms with Crippen molar-refractivity contribution in [1.82, 2.24) is 0 Å². The molecule has 1 aromatic rings. The lowest BCUT2D eigenvalue weighted by Crippen LogP contribution is -2.25. The summed E-state index contributed by atoms with van der Waals surface area (Å²) in [6, 6.07) is 10.2. The van der Waals surface area contributed by atoms with Crippen LogP contribution in [0.5, 0.6) is 0 Å². The van der Waals surface area contributed by atoms with Crippen molar-refractivity contribution in [2.45, 2.75) is 33.1 Å². The average Bonchev–Trinajstić information content (AvgIpc) is 2.39. The minimum Gasteiger partial charge on any atom is -0.466 e. The number of hydrogen-bond acceptors (Lipinski definition) is 2. The van der Waals surface area contributed by atoms with E-state index in [0.29, 0.717) is 13.0 Å². The van der Waals surface area contributed by atoms with Gasteiger partial charge < -0.3 is 4.74 Å². The van der Waals surface area contributed by atoms with Crippen LogP contribution in [0.1, 0.15) is 32.3 Å². The maximum Gasteiger partial charge on any atom is 0.306 e. The maximum atomic E-state index is 11.7. The van der Waals surface area contributed by atoms with Gasteiger partial charge in [-0.15, -0.1) is 6.58 Å². The van der Waals surface area contributed by atoms with Crippen molar-refractivity contribution in [3.8, 4) is 0 Å². The normalized spacial score (nSPS) is 13.7. The Labute approximate surface area is 110 Å². The summed E-state index contributed by atoms with van der Waals surface area (Å²) in [5, 5.41) is 0. The van der Waals surface area contributed by atoms with Crippen LogP contribution in [0.15, 0.2) is 43.0 Å². The van der Waals surface area contributed by atoms with Gasteiger partial charge in [0.15, 0.2) is 0 Å². The Morgan fingerprint density at radius 2 is 2.00 bits per heavy atom. The third kappa shape index (κ3) is 4.02. The van der Waals surface area contributed by atoms with E-state index in [-0.39, 0.29) is 11.4 Å². The molecule has 0 bridgehead atoms. The predicted octanol–water partition coefficient (Wildman–Crippen LogP) is 3.76. The summed E-state index contributed by atoms with van der Waals surface area (Å²) in [5.41, 5.74) is 1.02. The Morgan fingerprint density at radius 3 is 2.50 bits per heavy atom. The number of carbonyl (C=O) groups excluding carboxylic acids is 1. The van der Waals surface area contributed by atoms with E-state index in [4.69, 9.17) is 4.74 Å². The fraction of sp³-hybridized carbons (Fsp3) is 0.438. The molecule has 0 N–H and O–H groups in total. The van der Waals surface area contributed by atoms with Gasteiger partial charge in [0.1, 0.15) is 0 Å². The van der Waals surface area contributed by atoms with Crippen LogP contribution >= 0.6 is 0 Å². The molecule has 1 atom stereocenters. The van der Waals surface area contributed by atoms with Gasteiger partial charge in [0.05, 0.1) is 13.0 Å². The minimum absolute atomic E-state index is 0.143. The SMILES string of the molecule is C=CC(CC)(CC(=O)OCC)Cc1ccccc1. The van der Waals surface area contributed by atoms with Gasteiger partial charge in [-0.2, -0.15) is 0 Å². The third-order valence-corrected chi connectivity index (χ3v) is 3.34. The zero-order chi connectivity index (χ0) is 13.4. The first-order chi connectivity index (χ1) is 8.65. The highest BCUT2D eigenvalue weighted by Gasteiger charge is 2.28. The highest BCUT2D eigenvalue weighted by molar-refractivity contribution is 5.70. The molecule has 98 valence electrons. The van der Waals surface area contributed by atoms with Crippen molar-refractivity contribution in [3.05, 3.63) is 48.6 Å². The molecule has 1 rings (SSSR count). The quantitative estimate of drug-likeness (QED) is 0.541. The molecule has 2 heteroatoms. The second-order valence-corrected chi connectivity index (χ2v) is 4.56. The van der Waals surface area contributed by atoms with Crippen molar-refractivity contribution < 1.29 is 9.53 Å². The Morgan fingerprint density at radius 1 is 1.33 bits per heavy atom. The first-order valence-corrected chi connectivity index (χ1v) is 6.49. The van der Waals surface area contributed by atoms with E-state index in [1.54, 1.807) is 0 Å². The largest absolute Gasteiger partial charge is 0.466 e.